The second-order valence-electron chi connectivity index (χ2n) is 4.94. The molecule has 1 aromatic heterocycles. The van der Waals surface area contributed by atoms with Crippen LogP contribution in [-0.4, -0.2) is 26.3 Å². The minimum atomic E-state index is -0.302. The first-order valence-corrected chi connectivity index (χ1v) is 7.02. The van der Waals surface area contributed by atoms with Crippen LogP contribution in [-0.2, 0) is 0 Å². The van der Waals surface area contributed by atoms with Gasteiger partial charge in [-0.1, -0.05) is 6.07 Å². The van der Waals surface area contributed by atoms with Crippen LogP contribution in [0.1, 0.15) is 0 Å². The van der Waals surface area contributed by atoms with Gasteiger partial charge in [0.05, 0.1) is 26.8 Å². The number of hydrogen-bond acceptors (Lipinski definition) is 4. The van der Waals surface area contributed by atoms with Crippen molar-refractivity contribution in [3.63, 3.8) is 0 Å². The lowest BCUT2D eigenvalue weighted by atomic mass is 10.0. The molecule has 0 bridgehead atoms. The highest BCUT2D eigenvalue weighted by Gasteiger charge is 2.15. The van der Waals surface area contributed by atoms with Gasteiger partial charge in [-0.25, -0.2) is 4.39 Å². The van der Waals surface area contributed by atoms with Crippen molar-refractivity contribution in [3.8, 4) is 28.4 Å². The van der Waals surface area contributed by atoms with Gasteiger partial charge in [-0.2, -0.15) is 0 Å². The summed E-state index contributed by atoms with van der Waals surface area (Å²) in [6.45, 7) is 0. The Morgan fingerprint density at radius 2 is 1.57 bits per heavy atom. The van der Waals surface area contributed by atoms with E-state index in [-0.39, 0.29) is 5.82 Å². The monoisotopic (exact) mass is 313 g/mol. The van der Waals surface area contributed by atoms with Crippen LogP contribution in [0.5, 0.6) is 17.2 Å². The minimum Gasteiger partial charge on any atom is -0.493 e. The molecule has 2 aromatic carbocycles. The zero-order chi connectivity index (χ0) is 16.4. The Morgan fingerprint density at radius 1 is 0.870 bits per heavy atom. The molecule has 0 radical (unpaired) electrons. The summed E-state index contributed by atoms with van der Waals surface area (Å²) in [5.41, 5.74) is 2.18. The van der Waals surface area contributed by atoms with Crippen molar-refractivity contribution in [1.82, 2.24) is 4.98 Å². The first-order valence-electron chi connectivity index (χ1n) is 7.02. The quantitative estimate of drug-likeness (QED) is 0.728. The molecule has 0 atom stereocenters. The van der Waals surface area contributed by atoms with E-state index in [0.29, 0.717) is 28.2 Å². The fourth-order valence-corrected chi connectivity index (χ4v) is 2.52. The van der Waals surface area contributed by atoms with Gasteiger partial charge < -0.3 is 14.2 Å². The molecular weight excluding hydrogens is 297 g/mol. The van der Waals surface area contributed by atoms with Crippen LogP contribution >= 0.6 is 0 Å². The number of aromatic nitrogens is 1. The molecule has 3 aromatic rings. The molecule has 118 valence electrons. The molecule has 4 nitrogen and oxygen atoms in total. The summed E-state index contributed by atoms with van der Waals surface area (Å²) in [5, 5.41) is 0.471. The van der Waals surface area contributed by atoms with E-state index in [4.69, 9.17) is 14.2 Å². The van der Waals surface area contributed by atoms with Crippen LogP contribution in [0.15, 0.2) is 42.6 Å². The van der Waals surface area contributed by atoms with Gasteiger partial charge in [-0.05, 0) is 35.9 Å². The standard InChI is InChI=1S/C18H16FNO3/c1-21-16-8-11(9-17(22-2)18(16)23-3)12-7-13-14(19)5-4-6-15(13)20-10-12/h4-10H,1-3H3. The lowest BCUT2D eigenvalue weighted by molar-refractivity contribution is 0.324. The minimum absolute atomic E-state index is 0.302. The maximum absolute atomic E-state index is 14.0. The Balaban J connectivity index is 2.20. The summed E-state index contributed by atoms with van der Waals surface area (Å²) in [6, 6.07) is 10.2. The summed E-state index contributed by atoms with van der Waals surface area (Å²) in [5.74, 6) is 1.29. The Kier molecular flexibility index (Phi) is 4.02. The number of ether oxygens (including phenoxy) is 3. The molecule has 0 spiro atoms. The number of rotatable bonds is 4. The van der Waals surface area contributed by atoms with Gasteiger partial charge >= 0.3 is 0 Å². The molecule has 0 aliphatic heterocycles. The summed E-state index contributed by atoms with van der Waals surface area (Å²) >= 11 is 0. The molecule has 0 saturated carbocycles. The molecule has 0 N–H and O–H groups in total. The number of hydrogen-bond donors (Lipinski definition) is 0. The third-order valence-corrected chi connectivity index (χ3v) is 3.67. The maximum Gasteiger partial charge on any atom is 0.203 e. The van der Waals surface area contributed by atoms with Crippen LogP contribution in [0, 0.1) is 5.82 Å². The van der Waals surface area contributed by atoms with E-state index in [1.807, 2.05) is 12.1 Å². The van der Waals surface area contributed by atoms with E-state index in [9.17, 15) is 4.39 Å². The molecule has 0 fully saturated rings. The number of pyridine rings is 1. The number of benzene rings is 2. The first-order chi connectivity index (χ1) is 11.2. The van der Waals surface area contributed by atoms with E-state index in [2.05, 4.69) is 4.98 Å². The predicted octanol–water partition coefficient (Wildman–Crippen LogP) is 4.07. The Bertz CT molecular complexity index is 839. The van der Waals surface area contributed by atoms with E-state index >= 15 is 0 Å². The normalized spacial score (nSPS) is 10.6. The molecule has 1 heterocycles. The SMILES string of the molecule is COc1cc(-c2cnc3cccc(F)c3c2)cc(OC)c1OC. The number of halogens is 1. The zero-order valence-corrected chi connectivity index (χ0v) is 13.1. The van der Waals surface area contributed by atoms with Gasteiger partial charge in [-0.3, -0.25) is 4.98 Å². The summed E-state index contributed by atoms with van der Waals surface area (Å²) < 4.78 is 30.0. The van der Waals surface area contributed by atoms with E-state index < -0.39 is 0 Å². The van der Waals surface area contributed by atoms with Crippen LogP contribution in [0.3, 0.4) is 0 Å². The van der Waals surface area contributed by atoms with E-state index in [0.717, 1.165) is 11.1 Å². The second-order valence-corrected chi connectivity index (χ2v) is 4.94. The maximum atomic E-state index is 14.0. The third kappa shape index (κ3) is 2.65. The molecule has 5 heteroatoms. The van der Waals surface area contributed by atoms with Gasteiger partial charge in [0.2, 0.25) is 5.75 Å². The highest BCUT2D eigenvalue weighted by atomic mass is 19.1. The van der Waals surface area contributed by atoms with Crippen LogP contribution in [0.25, 0.3) is 22.0 Å². The summed E-state index contributed by atoms with van der Waals surface area (Å²) in [4.78, 5) is 4.32. The van der Waals surface area contributed by atoms with Gasteiger partial charge in [0.25, 0.3) is 0 Å². The molecule has 3 rings (SSSR count). The van der Waals surface area contributed by atoms with Crippen molar-refractivity contribution in [1.29, 1.82) is 0 Å². The van der Waals surface area contributed by atoms with Crippen LogP contribution in [0.2, 0.25) is 0 Å². The lowest BCUT2D eigenvalue weighted by Gasteiger charge is -2.14. The molecular formula is C18H16FNO3. The summed E-state index contributed by atoms with van der Waals surface area (Å²) in [6.07, 6.45) is 1.70. The fourth-order valence-electron chi connectivity index (χ4n) is 2.52. The predicted molar refractivity (Wildman–Crippen MR) is 86.8 cm³/mol. The van der Waals surface area contributed by atoms with Gasteiger partial charge in [-0.15, -0.1) is 0 Å². The van der Waals surface area contributed by atoms with Crippen molar-refractivity contribution < 1.29 is 18.6 Å². The van der Waals surface area contributed by atoms with Crippen molar-refractivity contribution in [2.24, 2.45) is 0 Å². The second kappa shape index (κ2) is 6.12. The van der Waals surface area contributed by atoms with Gasteiger partial charge in [0.15, 0.2) is 11.5 Å². The van der Waals surface area contributed by atoms with Crippen molar-refractivity contribution in [2.75, 3.05) is 21.3 Å². The van der Waals surface area contributed by atoms with Crippen molar-refractivity contribution in [3.05, 3.63) is 48.4 Å². The lowest BCUT2D eigenvalue weighted by Crippen LogP contribution is -1.96. The average molecular weight is 313 g/mol. The van der Waals surface area contributed by atoms with Crippen molar-refractivity contribution in [2.45, 2.75) is 0 Å². The van der Waals surface area contributed by atoms with E-state index in [1.165, 1.54) is 6.07 Å². The smallest absolute Gasteiger partial charge is 0.203 e. The molecule has 23 heavy (non-hydrogen) atoms. The highest BCUT2D eigenvalue weighted by molar-refractivity contribution is 5.84. The Labute approximate surface area is 133 Å². The average Bonchev–Trinajstić information content (AvgIpc) is 2.60. The van der Waals surface area contributed by atoms with Crippen molar-refractivity contribution >= 4 is 10.9 Å². The molecule has 0 amide bonds. The third-order valence-electron chi connectivity index (χ3n) is 3.67. The molecule has 0 aliphatic carbocycles. The summed E-state index contributed by atoms with van der Waals surface area (Å²) in [7, 11) is 4.66. The largest absolute Gasteiger partial charge is 0.493 e. The number of methoxy groups -OCH3 is 3. The Morgan fingerprint density at radius 3 is 2.17 bits per heavy atom. The fraction of sp³-hybridized carbons (Fsp3) is 0.167. The Hall–Kier alpha value is -2.82. The van der Waals surface area contributed by atoms with E-state index in [1.54, 1.807) is 45.7 Å². The number of fused-ring (bicyclic) bond motifs is 1. The molecule has 0 unspecified atom stereocenters. The van der Waals surface area contributed by atoms with Gasteiger partial charge in [0.1, 0.15) is 5.82 Å². The van der Waals surface area contributed by atoms with Crippen LogP contribution in [0.4, 0.5) is 4.39 Å². The van der Waals surface area contributed by atoms with Gasteiger partial charge in [0, 0.05) is 17.1 Å². The topological polar surface area (TPSA) is 40.6 Å². The number of nitrogens with zero attached hydrogens (tertiary/aromatic N) is 1. The molecule has 0 saturated heterocycles. The first kappa shape index (κ1) is 15.1. The van der Waals surface area contributed by atoms with Crippen LogP contribution < -0.4 is 14.2 Å². The highest BCUT2D eigenvalue weighted by Crippen LogP contribution is 2.41. The molecule has 0 aliphatic rings. The zero-order valence-electron chi connectivity index (χ0n) is 13.1.